The van der Waals surface area contributed by atoms with E-state index in [1.807, 2.05) is 0 Å². The van der Waals surface area contributed by atoms with Gasteiger partial charge in [-0.15, -0.1) is 0 Å². The maximum Gasteiger partial charge on any atom is 0.221 e. The Morgan fingerprint density at radius 1 is 1.32 bits per heavy atom. The zero-order chi connectivity index (χ0) is 15.3. The molecule has 0 aliphatic carbocycles. The summed E-state index contributed by atoms with van der Waals surface area (Å²) in [6, 6.07) is 5.75. The number of ketones is 1. The van der Waals surface area contributed by atoms with E-state index in [-0.39, 0.29) is 34.8 Å². The summed E-state index contributed by atoms with van der Waals surface area (Å²) in [5.74, 6) is -0.605. The van der Waals surface area contributed by atoms with Crippen molar-refractivity contribution in [2.45, 2.75) is 24.9 Å². The maximum atomic E-state index is 13.9. The van der Waals surface area contributed by atoms with Gasteiger partial charge in [-0.1, -0.05) is 12.1 Å². The molecule has 114 valence electrons. The lowest BCUT2D eigenvalue weighted by atomic mass is 10.0. The van der Waals surface area contributed by atoms with Crippen molar-refractivity contribution in [2.75, 3.05) is 6.61 Å². The lowest BCUT2D eigenvalue weighted by Gasteiger charge is -2.25. The molecular weight excluding hydrogens is 311 g/mol. The Bertz CT molecular complexity index is 805. The van der Waals surface area contributed by atoms with Crippen LogP contribution in [0.15, 0.2) is 24.3 Å². The molecule has 0 N–H and O–H groups in total. The molecule has 9 heteroatoms. The molecule has 2 fully saturated rings. The molecule has 3 heterocycles. The molecule has 1 aromatic heterocycles. The number of hydrogen-bond donors (Lipinski definition) is 0. The summed E-state index contributed by atoms with van der Waals surface area (Å²) in [6.45, 7) is 0.301. The molecule has 0 spiro atoms. The molecule has 1 aromatic carbocycles. The second-order valence-electron chi connectivity index (χ2n) is 5.15. The first kappa shape index (κ1) is 13.7. The van der Waals surface area contributed by atoms with E-state index in [1.165, 1.54) is 15.4 Å². The molecule has 3 atom stereocenters. The largest absolute Gasteiger partial charge is 0.343 e. The Labute approximate surface area is 129 Å². The third-order valence-electron chi connectivity index (χ3n) is 3.81. The predicted octanol–water partition coefficient (Wildman–Crippen LogP) is 1.19. The molecule has 2 saturated heterocycles. The zero-order valence-electron chi connectivity index (χ0n) is 11.3. The van der Waals surface area contributed by atoms with Gasteiger partial charge in [0, 0.05) is 6.42 Å². The van der Waals surface area contributed by atoms with E-state index < -0.39 is 12.1 Å². The fourth-order valence-electron chi connectivity index (χ4n) is 2.71. The maximum absolute atomic E-state index is 13.9. The van der Waals surface area contributed by atoms with Crippen LogP contribution in [-0.2, 0) is 14.3 Å². The smallest absolute Gasteiger partial charge is 0.221 e. The van der Waals surface area contributed by atoms with Gasteiger partial charge in [0.1, 0.15) is 17.6 Å². The van der Waals surface area contributed by atoms with Crippen LogP contribution in [0.25, 0.3) is 5.69 Å². The minimum atomic E-state index is -0.781. The number of carbonyl (C=O) groups excluding carboxylic acids is 1. The fraction of sp³-hybridized carbons (Fsp3) is 0.385. The van der Waals surface area contributed by atoms with Crippen LogP contribution in [0, 0.1) is 10.6 Å². The van der Waals surface area contributed by atoms with E-state index in [2.05, 4.69) is 10.4 Å². The van der Waals surface area contributed by atoms with Crippen LogP contribution in [0.1, 0.15) is 12.5 Å². The van der Waals surface area contributed by atoms with Crippen molar-refractivity contribution < 1.29 is 18.7 Å². The number of ether oxygens (including phenoxy) is 2. The van der Waals surface area contributed by atoms with Crippen molar-refractivity contribution in [3.05, 3.63) is 34.9 Å². The van der Waals surface area contributed by atoms with E-state index in [4.69, 9.17) is 21.7 Å². The van der Waals surface area contributed by atoms with Gasteiger partial charge >= 0.3 is 0 Å². The van der Waals surface area contributed by atoms with Gasteiger partial charge in [-0.3, -0.25) is 4.79 Å². The monoisotopic (exact) mass is 322 g/mol. The van der Waals surface area contributed by atoms with Crippen LogP contribution < -0.4 is 0 Å². The number of hydrogen-bond acceptors (Lipinski definition) is 6. The number of rotatable bonds is 2. The number of aromatic nitrogens is 4. The van der Waals surface area contributed by atoms with Gasteiger partial charge in [-0.2, -0.15) is 4.68 Å². The minimum Gasteiger partial charge on any atom is -0.343 e. The highest BCUT2D eigenvalue weighted by Gasteiger charge is 2.45. The fourth-order valence-corrected chi connectivity index (χ4v) is 3.01. The van der Waals surface area contributed by atoms with E-state index >= 15 is 0 Å². The van der Waals surface area contributed by atoms with Gasteiger partial charge < -0.3 is 9.47 Å². The van der Waals surface area contributed by atoms with E-state index in [9.17, 15) is 9.18 Å². The van der Waals surface area contributed by atoms with Gasteiger partial charge in [0.15, 0.2) is 5.78 Å². The second kappa shape index (κ2) is 5.04. The average Bonchev–Trinajstić information content (AvgIpc) is 3.10. The first-order valence-corrected chi connectivity index (χ1v) is 7.15. The molecule has 22 heavy (non-hydrogen) atoms. The molecule has 7 nitrogen and oxygen atoms in total. The highest BCUT2D eigenvalue weighted by atomic mass is 32.1. The predicted molar refractivity (Wildman–Crippen MR) is 73.4 cm³/mol. The lowest BCUT2D eigenvalue weighted by Crippen LogP contribution is -2.37. The number of benzene rings is 1. The van der Waals surface area contributed by atoms with Crippen molar-refractivity contribution in [3.8, 4) is 5.69 Å². The molecule has 2 aliphatic rings. The molecule has 0 radical (unpaired) electrons. The molecule has 2 bridgehead atoms. The lowest BCUT2D eigenvalue weighted by molar-refractivity contribution is -0.156. The van der Waals surface area contributed by atoms with Crippen molar-refractivity contribution in [2.24, 2.45) is 0 Å². The molecular formula is C13H11FN4O3S. The Morgan fingerprint density at radius 3 is 2.95 bits per heavy atom. The molecule has 0 saturated carbocycles. The van der Waals surface area contributed by atoms with Crippen molar-refractivity contribution in [1.29, 1.82) is 0 Å². The summed E-state index contributed by atoms with van der Waals surface area (Å²) in [5, 5.41) is 7.89. The van der Waals surface area contributed by atoms with Crippen LogP contribution in [0.2, 0.25) is 0 Å². The van der Waals surface area contributed by atoms with Crippen molar-refractivity contribution >= 4 is 18.0 Å². The number of carbonyl (C=O) groups is 1. The highest BCUT2D eigenvalue weighted by Crippen LogP contribution is 2.32. The van der Waals surface area contributed by atoms with E-state index in [0.717, 1.165) is 0 Å². The number of fused-ring (bicyclic) bond motifs is 2. The second-order valence-corrected chi connectivity index (χ2v) is 5.51. The van der Waals surface area contributed by atoms with Gasteiger partial charge in [-0.25, -0.2) is 9.07 Å². The Balaban J connectivity index is 1.75. The topological polar surface area (TPSA) is 71.2 Å². The molecule has 2 aromatic rings. The van der Waals surface area contributed by atoms with Crippen LogP contribution in [0.3, 0.4) is 0 Å². The van der Waals surface area contributed by atoms with Crippen molar-refractivity contribution in [1.82, 2.24) is 19.8 Å². The first-order chi connectivity index (χ1) is 10.6. The SMILES string of the molecule is O=C1CC(n2nnn(-c3ccccc3F)c2=S)C2COC1O2. The van der Waals surface area contributed by atoms with Gasteiger partial charge in [-0.05, 0) is 34.8 Å². The summed E-state index contributed by atoms with van der Waals surface area (Å²) in [5.41, 5.74) is 0.211. The average molecular weight is 322 g/mol. The highest BCUT2D eigenvalue weighted by molar-refractivity contribution is 7.71. The summed E-state index contributed by atoms with van der Waals surface area (Å²) >= 11 is 5.33. The normalized spacial score (nSPS) is 27.3. The Hall–Kier alpha value is -1.97. The minimum absolute atomic E-state index is 0.152. The Kier molecular flexibility index (Phi) is 3.13. The summed E-state index contributed by atoms with van der Waals surface area (Å²) in [4.78, 5) is 11.9. The van der Waals surface area contributed by atoms with Crippen LogP contribution >= 0.6 is 12.2 Å². The van der Waals surface area contributed by atoms with Crippen molar-refractivity contribution in [3.63, 3.8) is 0 Å². The summed E-state index contributed by atoms with van der Waals surface area (Å²) < 4.78 is 27.5. The molecule has 2 aliphatic heterocycles. The van der Waals surface area contributed by atoms with E-state index in [1.54, 1.807) is 18.2 Å². The third kappa shape index (κ3) is 2.01. The first-order valence-electron chi connectivity index (χ1n) is 6.74. The van der Waals surface area contributed by atoms with E-state index in [0.29, 0.717) is 6.61 Å². The molecule has 4 rings (SSSR count). The van der Waals surface area contributed by atoms with Crippen LogP contribution in [-0.4, -0.2) is 44.6 Å². The molecule has 3 unspecified atom stereocenters. The zero-order valence-corrected chi connectivity index (χ0v) is 12.1. The summed E-state index contributed by atoms with van der Waals surface area (Å²) in [6.07, 6.45) is -0.878. The number of Topliss-reactive ketones (excluding diaryl/α,β-unsaturated/α-hetero) is 1. The van der Waals surface area contributed by atoms with Gasteiger partial charge in [0.2, 0.25) is 11.1 Å². The number of para-hydroxylation sites is 1. The number of tetrazole rings is 1. The molecule has 0 amide bonds. The van der Waals surface area contributed by atoms with Gasteiger partial charge in [0.25, 0.3) is 0 Å². The quantitative estimate of drug-likeness (QED) is 0.774. The summed E-state index contributed by atoms with van der Waals surface area (Å²) in [7, 11) is 0. The van der Waals surface area contributed by atoms with Crippen LogP contribution in [0.4, 0.5) is 4.39 Å². The third-order valence-corrected chi connectivity index (χ3v) is 4.17. The van der Waals surface area contributed by atoms with Gasteiger partial charge in [0.05, 0.1) is 12.6 Å². The number of nitrogens with zero attached hydrogens (tertiary/aromatic N) is 4. The number of halogens is 1. The Morgan fingerprint density at radius 2 is 2.14 bits per heavy atom. The standard InChI is InChI=1S/C13H11FN4O3S/c14-7-3-1-2-4-8(7)17-13(22)18(16-15-17)9-5-10(19)12-20-6-11(9)21-12/h1-4,9,11-12H,5-6H2. The van der Waals surface area contributed by atoms with Crippen LogP contribution in [0.5, 0.6) is 0 Å².